The van der Waals surface area contributed by atoms with Gasteiger partial charge in [0.2, 0.25) is 0 Å². The average Bonchev–Trinajstić information content (AvgIpc) is 2.73. The molecule has 0 aliphatic carbocycles. The van der Waals surface area contributed by atoms with Crippen LogP contribution in [0, 0.1) is 11.7 Å². The van der Waals surface area contributed by atoms with Gasteiger partial charge >= 0.3 is 6.09 Å². The molecule has 0 bridgehead atoms. The summed E-state index contributed by atoms with van der Waals surface area (Å²) in [5, 5.41) is 0. The van der Waals surface area contributed by atoms with Gasteiger partial charge in [0.25, 0.3) is 0 Å². The molecule has 6 nitrogen and oxygen atoms in total. The highest BCUT2D eigenvalue weighted by molar-refractivity contribution is 6.00. The molecule has 2 saturated heterocycles. The Morgan fingerprint density at radius 1 is 1.18 bits per heavy atom. The highest BCUT2D eigenvalue weighted by atomic mass is 19.1. The van der Waals surface area contributed by atoms with Crippen LogP contribution in [0.1, 0.15) is 43.0 Å². The topological polar surface area (TPSA) is 59.1 Å². The molecule has 3 rings (SSSR count). The van der Waals surface area contributed by atoms with Crippen LogP contribution in [0.2, 0.25) is 0 Å². The van der Waals surface area contributed by atoms with Crippen LogP contribution < -0.4 is 4.74 Å². The van der Waals surface area contributed by atoms with Gasteiger partial charge in [-0.2, -0.15) is 0 Å². The molecule has 2 aliphatic rings. The Morgan fingerprint density at radius 3 is 2.61 bits per heavy atom. The van der Waals surface area contributed by atoms with Gasteiger partial charge in [-0.25, -0.2) is 9.18 Å². The van der Waals surface area contributed by atoms with Gasteiger partial charge < -0.3 is 14.4 Å². The van der Waals surface area contributed by atoms with Crippen LogP contribution in [0.25, 0.3) is 0 Å². The third-order valence-electron chi connectivity index (χ3n) is 5.76. The van der Waals surface area contributed by atoms with Crippen LogP contribution >= 0.6 is 0 Å². The summed E-state index contributed by atoms with van der Waals surface area (Å²) in [5.41, 5.74) is 0.325. The first-order valence-electron chi connectivity index (χ1n) is 10.1. The lowest BCUT2D eigenvalue weighted by Crippen LogP contribution is -2.50. The summed E-state index contributed by atoms with van der Waals surface area (Å²) in [6, 6.07) is 4.45. The van der Waals surface area contributed by atoms with E-state index in [4.69, 9.17) is 9.47 Å². The molecular formula is C21H29FN2O4. The summed E-state index contributed by atoms with van der Waals surface area (Å²) >= 11 is 0. The number of Topliss-reactive ketones (excluding diaryl/α,β-unsaturated/α-hetero) is 1. The largest absolute Gasteiger partial charge is 0.496 e. The Bertz CT molecular complexity index is 704. The van der Waals surface area contributed by atoms with Gasteiger partial charge in [-0.3, -0.25) is 9.69 Å². The first-order chi connectivity index (χ1) is 13.5. The van der Waals surface area contributed by atoms with Gasteiger partial charge in [0, 0.05) is 31.6 Å². The van der Waals surface area contributed by atoms with E-state index in [1.807, 2.05) is 6.92 Å². The van der Waals surface area contributed by atoms with Crippen LogP contribution in [0.5, 0.6) is 5.75 Å². The number of piperidine rings is 2. The molecule has 0 unspecified atom stereocenters. The first-order valence-corrected chi connectivity index (χ1v) is 10.1. The molecule has 154 valence electrons. The maximum absolute atomic E-state index is 13.7. The Labute approximate surface area is 165 Å². The molecule has 28 heavy (non-hydrogen) atoms. The van der Waals surface area contributed by atoms with Gasteiger partial charge in [-0.05, 0) is 57.4 Å². The van der Waals surface area contributed by atoms with E-state index in [1.165, 1.54) is 25.3 Å². The molecule has 0 radical (unpaired) electrons. The van der Waals surface area contributed by atoms with E-state index in [2.05, 4.69) is 4.90 Å². The zero-order chi connectivity index (χ0) is 20.1. The highest BCUT2D eigenvalue weighted by Crippen LogP contribution is 2.29. The van der Waals surface area contributed by atoms with Crippen LogP contribution in [-0.4, -0.2) is 67.6 Å². The molecule has 0 saturated carbocycles. The maximum atomic E-state index is 13.7. The van der Waals surface area contributed by atoms with Crippen molar-refractivity contribution in [1.82, 2.24) is 9.80 Å². The minimum atomic E-state index is -0.428. The van der Waals surface area contributed by atoms with E-state index < -0.39 is 5.82 Å². The number of carbonyl (C=O) groups excluding carboxylic acids is 2. The second kappa shape index (κ2) is 9.37. The van der Waals surface area contributed by atoms with Crippen LogP contribution in [0.4, 0.5) is 9.18 Å². The number of amides is 1. The van der Waals surface area contributed by atoms with Gasteiger partial charge in [0.05, 0.1) is 19.3 Å². The van der Waals surface area contributed by atoms with E-state index >= 15 is 0 Å². The Morgan fingerprint density at radius 2 is 1.93 bits per heavy atom. The molecular weight excluding hydrogens is 363 g/mol. The van der Waals surface area contributed by atoms with Crippen molar-refractivity contribution in [3.05, 3.63) is 29.6 Å². The lowest BCUT2D eigenvalue weighted by molar-refractivity contribution is 0.0531. The van der Waals surface area contributed by atoms with Gasteiger partial charge in [-0.15, -0.1) is 0 Å². The summed E-state index contributed by atoms with van der Waals surface area (Å²) in [5.74, 6) is -0.216. The van der Waals surface area contributed by atoms with Crippen molar-refractivity contribution >= 4 is 11.9 Å². The zero-order valence-corrected chi connectivity index (χ0v) is 16.7. The first kappa shape index (κ1) is 20.6. The number of rotatable bonds is 5. The zero-order valence-electron chi connectivity index (χ0n) is 16.7. The smallest absolute Gasteiger partial charge is 0.409 e. The van der Waals surface area contributed by atoms with Crippen molar-refractivity contribution in [3.8, 4) is 5.75 Å². The highest BCUT2D eigenvalue weighted by Gasteiger charge is 2.34. The number of benzene rings is 1. The second-order valence-corrected chi connectivity index (χ2v) is 7.46. The van der Waals surface area contributed by atoms with Crippen LogP contribution in [-0.2, 0) is 4.74 Å². The summed E-state index contributed by atoms with van der Waals surface area (Å²) < 4.78 is 24.0. The average molecular weight is 392 g/mol. The summed E-state index contributed by atoms with van der Waals surface area (Å²) in [7, 11) is 1.49. The van der Waals surface area contributed by atoms with E-state index in [9.17, 15) is 14.0 Å². The molecule has 1 aromatic rings. The fourth-order valence-corrected chi connectivity index (χ4v) is 4.27. The molecule has 1 aromatic carbocycles. The molecule has 2 aliphatic heterocycles. The van der Waals surface area contributed by atoms with Crippen LogP contribution in [0.15, 0.2) is 18.2 Å². The number of hydrogen-bond acceptors (Lipinski definition) is 5. The van der Waals surface area contributed by atoms with Crippen molar-refractivity contribution in [1.29, 1.82) is 0 Å². The third kappa shape index (κ3) is 4.63. The number of hydrogen-bond donors (Lipinski definition) is 0. The standard InChI is InChI=1S/C21H29FN2O4/c1-3-28-21(26)23-11-8-17(9-12-23)24-10-4-5-15(14-24)20(25)18-13-16(22)6-7-19(18)27-2/h6-7,13,15,17H,3-5,8-12,14H2,1-2H3/t15-/m0/s1. The normalized spacial score (nSPS) is 21.4. The predicted octanol–water partition coefficient (Wildman–Crippen LogP) is 3.35. The Kier molecular flexibility index (Phi) is 6.88. The van der Waals surface area contributed by atoms with Crippen molar-refractivity contribution in [2.75, 3.05) is 39.9 Å². The third-order valence-corrected chi connectivity index (χ3v) is 5.76. The maximum Gasteiger partial charge on any atom is 0.409 e. The van der Waals surface area contributed by atoms with E-state index in [0.29, 0.717) is 43.6 Å². The molecule has 0 N–H and O–H groups in total. The molecule has 1 atom stereocenters. The lowest BCUT2D eigenvalue weighted by atomic mass is 9.88. The molecule has 0 aromatic heterocycles. The fourth-order valence-electron chi connectivity index (χ4n) is 4.27. The number of likely N-dealkylation sites (tertiary alicyclic amines) is 2. The minimum absolute atomic E-state index is 0.0509. The van der Waals surface area contributed by atoms with Gasteiger partial charge in [0.1, 0.15) is 11.6 Å². The minimum Gasteiger partial charge on any atom is -0.496 e. The SMILES string of the molecule is CCOC(=O)N1CCC(N2CCC[C@H](C(=O)c3cc(F)ccc3OC)C2)CC1. The van der Waals surface area contributed by atoms with E-state index in [1.54, 1.807) is 4.90 Å². The van der Waals surface area contributed by atoms with Crippen molar-refractivity contribution < 1.29 is 23.5 Å². The molecule has 2 fully saturated rings. The second-order valence-electron chi connectivity index (χ2n) is 7.46. The summed E-state index contributed by atoms with van der Waals surface area (Å²) in [6.45, 7) is 5.17. The summed E-state index contributed by atoms with van der Waals surface area (Å²) in [4.78, 5) is 29.0. The monoisotopic (exact) mass is 392 g/mol. The number of halogens is 1. The van der Waals surface area contributed by atoms with Crippen LogP contribution in [0.3, 0.4) is 0 Å². The van der Waals surface area contributed by atoms with Crippen molar-refractivity contribution in [2.45, 2.75) is 38.6 Å². The predicted molar refractivity (Wildman–Crippen MR) is 103 cm³/mol. The Balaban J connectivity index is 1.61. The Hall–Kier alpha value is -2.15. The molecule has 1 amide bonds. The lowest BCUT2D eigenvalue weighted by Gasteiger charge is -2.41. The number of nitrogens with zero attached hydrogens (tertiary/aromatic N) is 2. The number of ether oxygens (including phenoxy) is 2. The van der Waals surface area contributed by atoms with Crippen molar-refractivity contribution in [3.63, 3.8) is 0 Å². The number of carbonyl (C=O) groups is 2. The fraction of sp³-hybridized carbons (Fsp3) is 0.619. The van der Waals surface area contributed by atoms with E-state index in [-0.39, 0.29) is 17.8 Å². The van der Waals surface area contributed by atoms with E-state index in [0.717, 1.165) is 32.2 Å². The molecule has 7 heteroatoms. The quantitative estimate of drug-likeness (QED) is 0.720. The number of methoxy groups -OCH3 is 1. The van der Waals surface area contributed by atoms with Gasteiger partial charge in [-0.1, -0.05) is 0 Å². The number of ketones is 1. The molecule has 2 heterocycles. The molecule has 0 spiro atoms. The van der Waals surface area contributed by atoms with Gasteiger partial charge in [0.15, 0.2) is 5.78 Å². The summed E-state index contributed by atoms with van der Waals surface area (Å²) in [6.07, 6.45) is 3.25. The van der Waals surface area contributed by atoms with Crippen molar-refractivity contribution in [2.24, 2.45) is 5.92 Å².